The molecular weight excluding hydrogens is 556 g/mol. The van der Waals surface area contributed by atoms with Crippen molar-refractivity contribution in [3.05, 3.63) is 11.6 Å². The minimum absolute atomic E-state index is 0.0265. The van der Waals surface area contributed by atoms with E-state index in [-0.39, 0.29) is 51.7 Å². The van der Waals surface area contributed by atoms with Crippen molar-refractivity contribution in [3.8, 4) is 0 Å². The summed E-state index contributed by atoms with van der Waals surface area (Å²) in [6.07, 6.45) is 7.79. The SMILES string of the molecule is COC(=O)[C@]1(CCC(C)(C)[C@]2(C)CC[C@H]3C(C)(C)C(=O)[C@]4(Br)O[C@@H]4[C@]3(C)/C2=C/C(C)=O)CCC(C)(C)CC1C. The highest BCUT2D eigenvalue weighted by molar-refractivity contribution is 9.10. The highest BCUT2D eigenvalue weighted by atomic mass is 79.9. The highest BCUT2D eigenvalue weighted by Crippen LogP contribution is 2.74. The fourth-order valence-electron chi connectivity index (χ4n) is 9.45. The number of fused-ring (bicyclic) bond motifs is 3. The van der Waals surface area contributed by atoms with Gasteiger partial charge in [0, 0.05) is 10.8 Å². The number of carbonyl (C=O) groups is 3. The minimum atomic E-state index is -0.973. The van der Waals surface area contributed by atoms with Crippen molar-refractivity contribution >= 4 is 33.5 Å². The summed E-state index contributed by atoms with van der Waals surface area (Å²) in [5.74, 6) is 0.369. The van der Waals surface area contributed by atoms with Gasteiger partial charge in [-0.25, -0.2) is 0 Å². The Morgan fingerprint density at radius 2 is 1.72 bits per heavy atom. The Morgan fingerprint density at radius 1 is 1.10 bits per heavy atom. The maximum Gasteiger partial charge on any atom is 0.312 e. The number of carbonyl (C=O) groups excluding carboxylic acids is 3. The van der Waals surface area contributed by atoms with Gasteiger partial charge < -0.3 is 9.47 Å². The van der Waals surface area contributed by atoms with Gasteiger partial charge in [0.25, 0.3) is 0 Å². The number of hydrogen-bond acceptors (Lipinski definition) is 5. The van der Waals surface area contributed by atoms with Gasteiger partial charge in [0.2, 0.25) is 4.51 Å². The van der Waals surface area contributed by atoms with Crippen molar-refractivity contribution in [2.45, 2.75) is 125 Å². The molecule has 0 radical (unpaired) electrons. The van der Waals surface area contributed by atoms with Crippen LogP contribution in [0.5, 0.6) is 0 Å². The van der Waals surface area contributed by atoms with E-state index < -0.39 is 20.8 Å². The number of epoxide rings is 1. The minimum Gasteiger partial charge on any atom is -0.469 e. The number of esters is 1. The first-order valence-corrected chi connectivity index (χ1v) is 15.7. The number of ether oxygens (including phenoxy) is 2. The van der Waals surface area contributed by atoms with Gasteiger partial charge in [0.05, 0.1) is 12.5 Å². The Kier molecular flexibility index (Phi) is 7.33. The summed E-state index contributed by atoms with van der Waals surface area (Å²) >= 11 is 3.68. The van der Waals surface area contributed by atoms with Crippen LogP contribution in [0.4, 0.5) is 0 Å². The topological polar surface area (TPSA) is 73.0 Å². The number of methoxy groups -OCH3 is 1. The van der Waals surface area contributed by atoms with Gasteiger partial charge in [-0.3, -0.25) is 14.4 Å². The molecule has 0 spiro atoms. The molecule has 1 heterocycles. The van der Waals surface area contributed by atoms with Crippen LogP contribution in [0, 0.1) is 44.3 Å². The monoisotopic (exact) mass is 606 g/mol. The molecule has 0 amide bonds. The van der Waals surface area contributed by atoms with Gasteiger partial charge in [-0.05, 0) is 102 Å². The lowest BCUT2D eigenvalue weighted by Crippen LogP contribution is -2.61. The molecule has 1 unspecified atom stereocenters. The third-order valence-corrected chi connectivity index (χ3v) is 13.4. The van der Waals surface area contributed by atoms with E-state index in [9.17, 15) is 14.4 Å². The van der Waals surface area contributed by atoms with Gasteiger partial charge in [-0.15, -0.1) is 0 Å². The van der Waals surface area contributed by atoms with Crippen LogP contribution in [-0.4, -0.2) is 35.3 Å². The molecule has 6 heteroatoms. The van der Waals surface area contributed by atoms with Crippen molar-refractivity contribution in [2.75, 3.05) is 7.11 Å². The molecule has 0 bridgehead atoms. The third-order valence-electron chi connectivity index (χ3n) is 12.4. The van der Waals surface area contributed by atoms with Gasteiger partial charge in [-0.2, -0.15) is 0 Å². The molecule has 3 saturated carbocycles. The van der Waals surface area contributed by atoms with Crippen molar-refractivity contribution in [2.24, 2.45) is 44.3 Å². The van der Waals surface area contributed by atoms with Gasteiger partial charge in [0.15, 0.2) is 11.6 Å². The smallest absolute Gasteiger partial charge is 0.312 e. The Morgan fingerprint density at radius 3 is 2.26 bits per heavy atom. The zero-order valence-electron chi connectivity index (χ0n) is 26.2. The first-order valence-electron chi connectivity index (χ1n) is 14.9. The van der Waals surface area contributed by atoms with Crippen LogP contribution < -0.4 is 0 Å². The molecule has 5 nitrogen and oxygen atoms in total. The zero-order valence-corrected chi connectivity index (χ0v) is 27.8. The average molecular weight is 608 g/mol. The number of allylic oxidation sites excluding steroid dienone is 1. The van der Waals surface area contributed by atoms with Crippen LogP contribution in [-0.2, 0) is 23.9 Å². The molecule has 0 N–H and O–H groups in total. The first kappa shape index (κ1) is 30.9. The molecule has 4 aliphatic rings. The van der Waals surface area contributed by atoms with E-state index in [0.717, 1.165) is 50.5 Å². The fourth-order valence-corrected chi connectivity index (χ4v) is 10.6. The average Bonchev–Trinajstić information content (AvgIpc) is 3.53. The summed E-state index contributed by atoms with van der Waals surface area (Å²) in [6, 6.07) is 0. The van der Waals surface area contributed by atoms with Crippen LogP contribution in [0.2, 0.25) is 0 Å². The highest BCUT2D eigenvalue weighted by Gasteiger charge is 2.80. The van der Waals surface area contributed by atoms with Crippen molar-refractivity contribution < 1.29 is 23.9 Å². The van der Waals surface area contributed by atoms with E-state index in [1.807, 2.05) is 19.9 Å². The molecule has 4 fully saturated rings. The lowest BCUT2D eigenvalue weighted by Gasteiger charge is -2.62. The van der Waals surface area contributed by atoms with Gasteiger partial charge in [-0.1, -0.05) is 67.9 Å². The molecule has 0 aromatic heterocycles. The lowest BCUT2D eigenvalue weighted by molar-refractivity contribution is -0.163. The molecule has 0 aromatic carbocycles. The van der Waals surface area contributed by atoms with Crippen molar-refractivity contribution in [3.63, 3.8) is 0 Å². The Balaban J connectivity index is 1.73. The number of hydrogen-bond donors (Lipinski definition) is 0. The standard InChI is InChI=1S/C33H51BrO5/c1-20-19-27(3,4)14-16-32(20,26(37)38-11)17-15-28(5,6)30(9)13-12-22-29(7,8)24(36)33(34)25(39-33)31(22,10)23(30)18-21(2)35/h18,20,22,25H,12-17,19H2,1-11H3/b23-18+/t20?,22-,25+,30+,31-,32-,33-/m0/s1. The molecule has 7 atom stereocenters. The second-order valence-electron chi connectivity index (χ2n) is 15.9. The zero-order chi connectivity index (χ0) is 29.6. The quantitative estimate of drug-likeness (QED) is 0.133. The molecular formula is C33H51BrO5. The molecule has 39 heavy (non-hydrogen) atoms. The van der Waals surface area contributed by atoms with E-state index >= 15 is 0 Å². The second kappa shape index (κ2) is 9.24. The first-order chi connectivity index (χ1) is 17.7. The summed E-state index contributed by atoms with van der Waals surface area (Å²) in [5, 5.41) is 0. The summed E-state index contributed by atoms with van der Waals surface area (Å²) in [4.78, 5) is 39.7. The van der Waals surface area contributed by atoms with E-state index in [1.165, 1.54) is 7.11 Å². The fraction of sp³-hybridized carbons (Fsp3) is 0.848. The number of alkyl halides is 1. The predicted molar refractivity (Wildman–Crippen MR) is 157 cm³/mol. The Bertz CT molecular complexity index is 1100. The number of ketones is 2. The normalized spacial score (nSPS) is 43.8. The predicted octanol–water partition coefficient (Wildman–Crippen LogP) is 7.84. The summed E-state index contributed by atoms with van der Waals surface area (Å²) in [6.45, 7) is 21.7. The van der Waals surface area contributed by atoms with Gasteiger partial charge in [0.1, 0.15) is 6.10 Å². The lowest BCUT2D eigenvalue weighted by atomic mass is 9.41. The van der Waals surface area contributed by atoms with E-state index in [1.54, 1.807) is 6.92 Å². The van der Waals surface area contributed by atoms with Crippen molar-refractivity contribution in [1.82, 2.24) is 0 Å². The van der Waals surface area contributed by atoms with Crippen molar-refractivity contribution in [1.29, 1.82) is 0 Å². The van der Waals surface area contributed by atoms with Crippen LogP contribution in [0.1, 0.15) is 114 Å². The molecule has 220 valence electrons. The maximum atomic E-state index is 13.5. The Labute approximate surface area is 244 Å². The third kappa shape index (κ3) is 4.35. The molecule has 0 aromatic rings. The molecule has 1 aliphatic heterocycles. The van der Waals surface area contributed by atoms with Crippen LogP contribution >= 0.6 is 15.9 Å². The number of Topliss-reactive ketones (excluding diaryl/α,β-unsaturated/α-hetero) is 1. The summed E-state index contributed by atoms with van der Waals surface area (Å²) in [7, 11) is 1.52. The van der Waals surface area contributed by atoms with Crippen LogP contribution in [0.25, 0.3) is 0 Å². The van der Waals surface area contributed by atoms with E-state index in [0.29, 0.717) is 0 Å². The van der Waals surface area contributed by atoms with Gasteiger partial charge >= 0.3 is 5.97 Å². The van der Waals surface area contributed by atoms with Crippen LogP contribution in [0.3, 0.4) is 0 Å². The number of halogens is 1. The van der Waals surface area contributed by atoms with E-state index in [2.05, 4.69) is 64.4 Å². The second-order valence-corrected chi connectivity index (χ2v) is 17.0. The maximum absolute atomic E-state index is 13.5. The number of rotatable bonds is 6. The summed E-state index contributed by atoms with van der Waals surface area (Å²) in [5.41, 5.74) is -0.723. The largest absolute Gasteiger partial charge is 0.469 e. The molecule has 4 rings (SSSR count). The van der Waals surface area contributed by atoms with E-state index in [4.69, 9.17) is 9.47 Å². The molecule has 1 saturated heterocycles. The molecule has 3 aliphatic carbocycles. The van der Waals surface area contributed by atoms with Crippen LogP contribution in [0.15, 0.2) is 11.6 Å². The summed E-state index contributed by atoms with van der Waals surface area (Å²) < 4.78 is 10.7. The Hall–Kier alpha value is -1.01.